The molecule has 0 atom stereocenters. The van der Waals surface area contributed by atoms with Crippen LogP contribution in [0.4, 0.5) is 5.69 Å². The Labute approximate surface area is 171 Å². The normalized spacial score (nSPS) is 10.8. The predicted molar refractivity (Wildman–Crippen MR) is 112 cm³/mol. The summed E-state index contributed by atoms with van der Waals surface area (Å²) < 4.78 is 0. The molecule has 0 aliphatic carbocycles. The average Bonchev–Trinajstić information content (AvgIpc) is 3.32. The van der Waals surface area contributed by atoms with E-state index in [0.717, 1.165) is 5.82 Å². The molecule has 0 saturated carbocycles. The Morgan fingerprint density at radius 1 is 1.21 bits per heavy atom. The molecule has 0 fully saturated rings. The van der Waals surface area contributed by atoms with Gasteiger partial charge in [-0.2, -0.15) is 0 Å². The number of anilines is 1. The van der Waals surface area contributed by atoms with Crippen LogP contribution in [-0.4, -0.2) is 38.8 Å². The van der Waals surface area contributed by atoms with Gasteiger partial charge in [0.25, 0.3) is 5.91 Å². The van der Waals surface area contributed by atoms with Crippen molar-refractivity contribution in [3.05, 3.63) is 58.0 Å². The second-order valence-corrected chi connectivity index (χ2v) is 8.31. The van der Waals surface area contributed by atoms with Gasteiger partial charge >= 0.3 is 0 Å². The largest absolute Gasteiger partial charge is 0.350 e. The fraction of sp³-hybridized carbons (Fsp3) is 0.263. The summed E-state index contributed by atoms with van der Waals surface area (Å²) in [5.74, 6) is 0.474. The van der Waals surface area contributed by atoms with E-state index in [2.05, 4.69) is 25.8 Å². The number of nitrogens with one attached hydrogen (secondary N) is 3. The lowest BCUT2D eigenvalue weighted by Crippen LogP contribution is -2.31. The van der Waals surface area contributed by atoms with Gasteiger partial charge in [0.1, 0.15) is 5.82 Å². The van der Waals surface area contributed by atoms with Gasteiger partial charge in [-0.25, -0.2) is 4.98 Å². The van der Waals surface area contributed by atoms with E-state index >= 15 is 0 Å². The lowest BCUT2D eigenvalue weighted by Gasteiger charge is -2.12. The Hall–Kier alpha value is -2.65. The third-order valence-electron chi connectivity index (χ3n) is 3.63. The summed E-state index contributed by atoms with van der Waals surface area (Å²) in [7, 11) is 0. The maximum absolute atomic E-state index is 12.3. The third-order valence-corrected chi connectivity index (χ3v) is 5.35. The van der Waals surface area contributed by atoms with Crippen molar-refractivity contribution in [1.29, 1.82) is 0 Å². The van der Waals surface area contributed by atoms with E-state index in [1.54, 1.807) is 35.6 Å². The number of rotatable bonds is 8. The molecule has 28 heavy (non-hydrogen) atoms. The number of benzene rings is 1. The molecular weight excluding hydrogens is 394 g/mol. The van der Waals surface area contributed by atoms with Crippen LogP contribution in [0.15, 0.2) is 46.9 Å². The molecule has 0 spiro atoms. The molecule has 0 bridgehead atoms. The van der Waals surface area contributed by atoms with E-state index < -0.39 is 0 Å². The number of amides is 2. The lowest BCUT2D eigenvalue weighted by atomic mass is 10.1. The fourth-order valence-corrected chi connectivity index (χ4v) is 3.77. The van der Waals surface area contributed by atoms with E-state index in [1.165, 1.54) is 16.6 Å². The number of nitrogens with zero attached hydrogens (tertiary/aromatic N) is 2. The number of thiophene rings is 1. The zero-order chi connectivity index (χ0) is 19.9. The number of thioether (sulfide) groups is 1. The standard InChI is InChI=1S/C19H21N5O2S2/c1-12(2)20-18(26)14-7-3-4-8-15(14)21-17(25)11-28-19-22-16(23-24-19)10-13-6-5-9-27-13/h3-9,12H,10-11H2,1-2H3,(H,20,26)(H,21,25)(H,22,23,24). The third kappa shape index (κ3) is 5.67. The molecule has 0 aliphatic rings. The monoisotopic (exact) mass is 415 g/mol. The van der Waals surface area contributed by atoms with Crippen LogP contribution in [0.3, 0.4) is 0 Å². The van der Waals surface area contributed by atoms with Crippen LogP contribution in [0.2, 0.25) is 0 Å². The zero-order valence-electron chi connectivity index (χ0n) is 15.6. The van der Waals surface area contributed by atoms with E-state index in [9.17, 15) is 9.59 Å². The number of hydrogen-bond donors (Lipinski definition) is 3. The Balaban J connectivity index is 1.55. The zero-order valence-corrected chi connectivity index (χ0v) is 17.2. The van der Waals surface area contributed by atoms with Crippen LogP contribution in [0.5, 0.6) is 0 Å². The average molecular weight is 416 g/mol. The van der Waals surface area contributed by atoms with Crippen molar-refractivity contribution in [2.24, 2.45) is 0 Å². The number of hydrogen-bond acceptors (Lipinski definition) is 6. The van der Waals surface area contributed by atoms with Crippen LogP contribution < -0.4 is 10.6 Å². The van der Waals surface area contributed by atoms with Gasteiger partial charge in [0, 0.05) is 17.3 Å². The fourth-order valence-electron chi connectivity index (χ4n) is 2.45. The van der Waals surface area contributed by atoms with Gasteiger partial charge < -0.3 is 10.6 Å². The van der Waals surface area contributed by atoms with Crippen molar-refractivity contribution in [2.45, 2.75) is 31.5 Å². The van der Waals surface area contributed by atoms with Gasteiger partial charge in [0.2, 0.25) is 11.1 Å². The molecule has 3 rings (SSSR count). The van der Waals surface area contributed by atoms with Gasteiger partial charge in [-0.15, -0.1) is 16.4 Å². The Morgan fingerprint density at radius 3 is 2.79 bits per heavy atom. The molecule has 9 heteroatoms. The molecule has 0 unspecified atom stereocenters. The lowest BCUT2D eigenvalue weighted by molar-refractivity contribution is -0.113. The van der Waals surface area contributed by atoms with E-state index in [0.29, 0.717) is 22.8 Å². The summed E-state index contributed by atoms with van der Waals surface area (Å²) in [6.45, 7) is 3.78. The first-order valence-corrected chi connectivity index (χ1v) is 10.6. The number of H-pyrrole nitrogens is 1. The van der Waals surface area contributed by atoms with E-state index in [4.69, 9.17) is 0 Å². The van der Waals surface area contributed by atoms with Crippen LogP contribution >= 0.6 is 23.1 Å². The van der Waals surface area contributed by atoms with Crippen molar-refractivity contribution < 1.29 is 9.59 Å². The number of carbonyl (C=O) groups is 2. The number of aromatic amines is 1. The van der Waals surface area contributed by atoms with Crippen molar-refractivity contribution in [3.8, 4) is 0 Å². The molecule has 3 N–H and O–H groups in total. The second-order valence-electron chi connectivity index (χ2n) is 6.33. The summed E-state index contributed by atoms with van der Waals surface area (Å²) in [6.07, 6.45) is 0.690. The molecule has 1 aromatic carbocycles. The van der Waals surface area contributed by atoms with Crippen molar-refractivity contribution >= 4 is 40.6 Å². The molecule has 3 aromatic rings. The molecule has 0 aliphatic heterocycles. The molecule has 2 amide bonds. The van der Waals surface area contributed by atoms with Gasteiger partial charge in [-0.05, 0) is 37.4 Å². The Kier molecular flexibility index (Phi) is 6.83. The molecule has 2 heterocycles. The maximum atomic E-state index is 12.3. The first-order valence-electron chi connectivity index (χ1n) is 8.77. The van der Waals surface area contributed by atoms with Crippen LogP contribution in [0.25, 0.3) is 0 Å². The highest BCUT2D eigenvalue weighted by atomic mass is 32.2. The van der Waals surface area contributed by atoms with Crippen molar-refractivity contribution in [2.75, 3.05) is 11.1 Å². The quantitative estimate of drug-likeness (QED) is 0.490. The summed E-state index contributed by atoms with van der Waals surface area (Å²) in [5, 5.41) is 15.2. The highest BCUT2D eigenvalue weighted by molar-refractivity contribution is 7.99. The summed E-state index contributed by atoms with van der Waals surface area (Å²) in [6, 6.07) is 11.0. The molecular formula is C19H21N5O2S2. The molecule has 0 saturated heterocycles. The van der Waals surface area contributed by atoms with Crippen LogP contribution in [0, 0.1) is 0 Å². The molecule has 7 nitrogen and oxygen atoms in total. The van der Waals surface area contributed by atoms with Crippen LogP contribution in [-0.2, 0) is 11.2 Å². The highest BCUT2D eigenvalue weighted by Crippen LogP contribution is 2.18. The van der Waals surface area contributed by atoms with Gasteiger partial charge in [0.15, 0.2) is 0 Å². The van der Waals surface area contributed by atoms with E-state index in [1.807, 2.05) is 31.4 Å². The molecule has 2 aromatic heterocycles. The smallest absolute Gasteiger partial charge is 0.253 e. The van der Waals surface area contributed by atoms with Crippen LogP contribution in [0.1, 0.15) is 34.9 Å². The predicted octanol–water partition coefficient (Wildman–Crippen LogP) is 3.33. The second kappa shape index (κ2) is 9.52. The highest BCUT2D eigenvalue weighted by Gasteiger charge is 2.14. The summed E-state index contributed by atoms with van der Waals surface area (Å²) in [4.78, 5) is 30.2. The first-order chi connectivity index (χ1) is 13.5. The van der Waals surface area contributed by atoms with Crippen molar-refractivity contribution in [3.63, 3.8) is 0 Å². The summed E-state index contributed by atoms with van der Waals surface area (Å²) >= 11 is 2.91. The van der Waals surface area contributed by atoms with Crippen molar-refractivity contribution in [1.82, 2.24) is 20.5 Å². The minimum atomic E-state index is -0.223. The Morgan fingerprint density at radius 2 is 2.04 bits per heavy atom. The van der Waals surface area contributed by atoms with E-state index in [-0.39, 0.29) is 23.6 Å². The minimum absolute atomic E-state index is 0.0147. The maximum Gasteiger partial charge on any atom is 0.253 e. The minimum Gasteiger partial charge on any atom is -0.350 e. The molecule has 146 valence electrons. The number of para-hydroxylation sites is 1. The molecule has 0 radical (unpaired) electrons. The van der Waals surface area contributed by atoms with Gasteiger partial charge in [0.05, 0.1) is 17.0 Å². The van der Waals surface area contributed by atoms with Gasteiger partial charge in [-0.3, -0.25) is 14.7 Å². The topological polar surface area (TPSA) is 99.8 Å². The first kappa shape index (κ1) is 20.1. The number of carbonyl (C=O) groups excluding carboxylic acids is 2. The van der Waals surface area contributed by atoms with Gasteiger partial charge in [-0.1, -0.05) is 30.0 Å². The SMILES string of the molecule is CC(C)NC(=O)c1ccccc1NC(=O)CSc1n[nH]c(Cc2cccs2)n1. The summed E-state index contributed by atoms with van der Waals surface area (Å²) in [5.41, 5.74) is 0.922. The number of aromatic nitrogens is 3. The Bertz CT molecular complexity index is 937.